The zero-order valence-corrected chi connectivity index (χ0v) is 9.50. The molecular formula is C13H20O2. The number of carbonyl (C=O) groups is 1. The quantitative estimate of drug-likeness (QED) is 0.201. The van der Waals surface area contributed by atoms with Crippen LogP contribution in [0, 0.1) is 0 Å². The lowest BCUT2D eigenvalue weighted by Gasteiger charge is -1.97. The van der Waals surface area contributed by atoms with Gasteiger partial charge in [-0.15, -0.1) is 5.73 Å². The molecule has 0 heterocycles. The van der Waals surface area contributed by atoms with Gasteiger partial charge in [0.05, 0.1) is 12.7 Å². The second kappa shape index (κ2) is 10.8. The zero-order valence-electron chi connectivity index (χ0n) is 9.50. The fourth-order valence-corrected chi connectivity index (χ4v) is 1.10. The third-order valence-corrected chi connectivity index (χ3v) is 1.89. The van der Waals surface area contributed by atoms with Crippen LogP contribution in [0.25, 0.3) is 0 Å². The molecular weight excluding hydrogens is 188 g/mol. The molecule has 15 heavy (non-hydrogen) atoms. The average molecular weight is 208 g/mol. The van der Waals surface area contributed by atoms with E-state index < -0.39 is 0 Å². The molecule has 0 aromatic carbocycles. The van der Waals surface area contributed by atoms with Gasteiger partial charge in [-0.3, -0.25) is 0 Å². The van der Waals surface area contributed by atoms with Crippen LogP contribution < -0.4 is 0 Å². The molecule has 0 aliphatic carbocycles. The van der Waals surface area contributed by atoms with Crippen molar-refractivity contribution in [3.8, 4) is 0 Å². The molecule has 0 atom stereocenters. The molecule has 2 heteroatoms. The smallest absolute Gasteiger partial charge is 0.338 e. The number of hydrogen-bond donors (Lipinski definition) is 0. The number of unbranched alkanes of at least 4 members (excludes halogenated alkanes) is 3. The molecule has 0 bridgehead atoms. The summed E-state index contributed by atoms with van der Waals surface area (Å²) in [5.74, 6) is -0.371. The third kappa shape index (κ3) is 10.7. The summed E-state index contributed by atoms with van der Waals surface area (Å²) in [5.41, 5.74) is 2.38. The molecule has 0 fully saturated rings. The van der Waals surface area contributed by atoms with Gasteiger partial charge in [0.25, 0.3) is 0 Å². The molecule has 0 N–H and O–H groups in total. The second-order valence-corrected chi connectivity index (χ2v) is 3.27. The summed E-state index contributed by atoms with van der Waals surface area (Å²) in [7, 11) is 0. The summed E-state index contributed by atoms with van der Waals surface area (Å²) < 4.78 is 4.86. The van der Waals surface area contributed by atoms with Crippen LogP contribution in [-0.2, 0) is 9.53 Å². The first-order chi connectivity index (χ1) is 7.31. The molecule has 0 aromatic rings. The molecule has 0 radical (unpaired) electrons. The fourth-order valence-electron chi connectivity index (χ4n) is 1.10. The summed E-state index contributed by atoms with van der Waals surface area (Å²) in [4.78, 5) is 10.8. The normalized spacial score (nSPS) is 9.93. The van der Waals surface area contributed by atoms with E-state index in [-0.39, 0.29) is 5.97 Å². The predicted molar refractivity (Wildman–Crippen MR) is 62.6 cm³/mol. The highest BCUT2D eigenvalue weighted by molar-refractivity contribution is 5.81. The van der Waals surface area contributed by atoms with Crippen LogP contribution in [0.4, 0.5) is 0 Å². The van der Waals surface area contributed by atoms with E-state index in [1.165, 1.54) is 25.3 Å². The number of esters is 1. The molecule has 0 aromatic heterocycles. The van der Waals surface area contributed by atoms with E-state index >= 15 is 0 Å². The highest BCUT2D eigenvalue weighted by Gasteiger charge is 1.92. The van der Waals surface area contributed by atoms with E-state index in [2.05, 4.69) is 31.4 Å². The van der Waals surface area contributed by atoms with Crippen LogP contribution in [-0.4, -0.2) is 12.6 Å². The molecule has 0 aliphatic rings. The van der Waals surface area contributed by atoms with E-state index in [0.717, 1.165) is 12.8 Å². The number of carbonyl (C=O) groups excluding carboxylic acids is 1. The lowest BCUT2D eigenvalue weighted by Crippen LogP contribution is -2.00. The van der Waals surface area contributed by atoms with Crippen molar-refractivity contribution >= 4 is 5.97 Å². The van der Waals surface area contributed by atoms with Crippen molar-refractivity contribution in [3.63, 3.8) is 0 Å². The summed E-state index contributed by atoms with van der Waals surface area (Å²) in [6.07, 6.45) is 11.1. The van der Waals surface area contributed by atoms with E-state index in [4.69, 9.17) is 4.74 Å². The van der Waals surface area contributed by atoms with Crippen LogP contribution in [0.15, 0.2) is 30.5 Å². The Balaban J connectivity index is 3.30. The molecule has 0 saturated carbocycles. The third-order valence-electron chi connectivity index (χ3n) is 1.89. The van der Waals surface area contributed by atoms with Gasteiger partial charge in [0.2, 0.25) is 0 Å². The summed E-state index contributed by atoms with van der Waals surface area (Å²) >= 11 is 0. The minimum atomic E-state index is -0.371. The Bertz CT molecular complexity index is 235. The van der Waals surface area contributed by atoms with Crippen LogP contribution in [0.5, 0.6) is 0 Å². The summed E-state index contributed by atoms with van der Waals surface area (Å²) in [5, 5.41) is 0. The monoisotopic (exact) mass is 208 g/mol. The van der Waals surface area contributed by atoms with Gasteiger partial charge in [-0.2, -0.15) is 0 Å². The molecule has 84 valence electrons. The van der Waals surface area contributed by atoms with Gasteiger partial charge in [-0.05, 0) is 19.3 Å². The molecule has 0 saturated heterocycles. The average Bonchev–Trinajstić information content (AvgIpc) is 2.22. The van der Waals surface area contributed by atoms with Gasteiger partial charge < -0.3 is 4.74 Å². The molecule has 2 nitrogen and oxygen atoms in total. The summed E-state index contributed by atoms with van der Waals surface area (Å²) in [6, 6.07) is 0. The Morgan fingerprint density at radius 2 is 2.07 bits per heavy atom. The first kappa shape index (κ1) is 13.7. The molecule has 0 spiro atoms. The zero-order chi connectivity index (χ0) is 11.4. The standard InChI is InChI=1S/C13H20O2/c1-3-5-6-7-8-9-10-12-15-13(14)11-4-2/h8-9,11H,2-3,5-7,10,12H2,1H3. The van der Waals surface area contributed by atoms with Crippen molar-refractivity contribution in [1.29, 1.82) is 0 Å². The van der Waals surface area contributed by atoms with E-state index in [1.54, 1.807) is 0 Å². The van der Waals surface area contributed by atoms with Gasteiger partial charge in [-0.25, -0.2) is 4.79 Å². The Morgan fingerprint density at radius 3 is 2.73 bits per heavy atom. The Labute approximate surface area is 92.3 Å². The molecule has 0 rings (SSSR count). The first-order valence-electron chi connectivity index (χ1n) is 5.48. The predicted octanol–water partition coefficient (Wildman–Crippen LogP) is 3.40. The van der Waals surface area contributed by atoms with Crippen molar-refractivity contribution in [1.82, 2.24) is 0 Å². The number of rotatable bonds is 8. The topological polar surface area (TPSA) is 26.3 Å². The maximum absolute atomic E-state index is 10.8. The van der Waals surface area contributed by atoms with Crippen LogP contribution in [0.3, 0.4) is 0 Å². The van der Waals surface area contributed by atoms with Crippen molar-refractivity contribution in [3.05, 3.63) is 30.5 Å². The van der Waals surface area contributed by atoms with E-state index in [9.17, 15) is 4.79 Å². The molecule has 0 unspecified atom stereocenters. The molecule has 0 amide bonds. The van der Waals surface area contributed by atoms with Gasteiger partial charge >= 0.3 is 5.97 Å². The maximum Gasteiger partial charge on any atom is 0.338 e. The van der Waals surface area contributed by atoms with E-state index in [1.807, 2.05) is 0 Å². The number of ether oxygens (including phenoxy) is 1. The van der Waals surface area contributed by atoms with Gasteiger partial charge in [0.15, 0.2) is 0 Å². The molecule has 0 aliphatic heterocycles. The van der Waals surface area contributed by atoms with Crippen LogP contribution >= 0.6 is 0 Å². The SMILES string of the molecule is C=C=CC(=O)OCCC=CCCCCC. The van der Waals surface area contributed by atoms with Gasteiger partial charge in [0.1, 0.15) is 0 Å². The maximum atomic E-state index is 10.8. The minimum Gasteiger partial charge on any atom is -0.462 e. The summed E-state index contributed by atoms with van der Waals surface area (Å²) in [6.45, 7) is 5.91. The van der Waals surface area contributed by atoms with Crippen molar-refractivity contribution < 1.29 is 9.53 Å². The largest absolute Gasteiger partial charge is 0.462 e. The first-order valence-corrected chi connectivity index (χ1v) is 5.48. The van der Waals surface area contributed by atoms with Crippen molar-refractivity contribution in [2.24, 2.45) is 0 Å². The Hall–Kier alpha value is -1.27. The van der Waals surface area contributed by atoms with Crippen LogP contribution in [0.1, 0.15) is 39.0 Å². The lowest BCUT2D eigenvalue weighted by atomic mass is 10.2. The van der Waals surface area contributed by atoms with Gasteiger partial charge in [0, 0.05) is 0 Å². The van der Waals surface area contributed by atoms with E-state index in [0.29, 0.717) is 6.61 Å². The van der Waals surface area contributed by atoms with Crippen molar-refractivity contribution in [2.45, 2.75) is 39.0 Å². The van der Waals surface area contributed by atoms with Crippen molar-refractivity contribution in [2.75, 3.05) is 6.61 Å². The number of hydrogen-bond acceptors (Lipinski definition) is 2. The highest BCUT2D eigenvalue weighted by Crippen LogP contribution is 2.00. The van der Waals surface area contributed by atoms with Crippen LogP contribution in [0.2, 0.25) is 0 Å². The minimum absolute atomic E-state index is 0.371. The Kier molecular flexibility index (Phi) is 9.89. The fraction of sp³-hybridized carbons (Fsp3) is 0.538. The van der Waals surface area contributed by atoms with Gasteiger partial charge in [-0.1, -0.05) is 38.5 Å². The number of allylic oxidation sites excluding steroid dienone is 1. The highest BCUT2D eigenvalue weighted by atomic mass is 16.5. The lowest BCUT2D eigenvalue weighted by molar-refractivity contribution is -0.137. The Morgan fingerprint density at radius 1 is 1.33 bits per heavy atom. The second-order valence-electron chi connectivity index (χ2n) is 3.27.